The summed E-state index contributed by atoms with van der Waals surface area (Å²) in [6.45, 7) is -3.41. The summed E-state index contributed by atoms with van der Waals surface area (Å²) in [6, 6.07) is 8.64. The average Bonchev–Trinajstić information content (AvgIpc) is 3.06. The van der Waals surface area contributed by atoms with Gasteiger partial charge in [0.15, 0.2) is 6.61 Å². The van der Waals surface area contributed by atoms with Crippen molar-refractivity contribution in [1.29, 1.82) is 0 Å². The third-order valence-electron chi connectivity index (χ3n) is 2.64. The van der Waals surface area contributed by atoms with Gasteiger partial charge in [-0.05, 0) is 42.5 Å². The fourth-order valence-electron chi connectivity index (χ4n) is 1.64. The number of rotatable bonds is 7. The minimum Gasteiger partial charge on any atom is -0.465 e. The SMILES string of the molecule is O=C(COC(=O)C=Cc1ccco1)Nc1ccc(OC(F)F)cc1. The zero-order valence-electron chi connectivity index (χ0n) is 12.3. The molecule has 0 fully saturated rings. The Morgan fingerprint density at radius 1 is 1.21 bits per heavy atom. The molecule has 0 saturated heterocycles. The smallest absolute Gasteiger partial charge is 0.387 e. The maximum atomic E-state index is 12.0. The molecule has 1 heterocycles. The van der Waals surface area contributed by atoms with Crippen LogP contribution in [0.5, 0.6) is 5.75 Å². The maximum Gasteiger partial charge on any atom is 0.387 e. The van der Waals surface area contributed by atoms with Crippen LogP contribution in [0.3, 0.4) is 0 Å². The number of nitrogens with one attached hydrogen (secondary N) is 1. The molecule has 1 aromatic carbocycles. The molecule has 24 heavy (non-hydrogen) atoms. The monoisotopic (exact) mass is 337 g/mol. The number of benzene rings is 1. The van der Waals surface area contributed by atoms with Crippen molar-refractivity contribution >= 4 is 23.6 Å². The fourth-order valence-corrected chi connectivity index (χ4v) is 1.64. The van der Waals surface area contributed by atoms with Gasteiger partial charge in [0, 0.05) is 11.8 Å². The molecule has 0 aliphatic carbocycles. The van der Waals surface area contributed by atoms with Crippen LogP contribution in [-0.2, 0) is 14.3 Å². The minimum atomic E-state index is -2.92. The van der Waals surface area contributed by atoms with Gasteiger partial charge in [0.2, 0.25) is 0 Å². The van der Waals surface area contributed by atoms with E-state index in [0.717, 1.165) is 6.08 Å². The predicted octanol–water partition coefficient (Wildman–Crippen LogP) is 3.08. The molecule has 8 heteroatoms. The molecule has 0 atom stereocenters. The minimum absolute atomic E-state index is 0.0301. The Morgan fingerprint density at radius 3 is 2.58 bits per heavy atom. The summed E-state index contributed by atoms with van der Waals surface area (Å²) < 4.78 is 37.9. The molecule has 2 rings (SSSR count). The lowest BCUT2D eigenvalue weighted by molar-refractivity contribution is -0.142. The summed E-state index contributed by atoms with van der Waals surface area (Å²) in [6.07, 6.45) is 3.99. The summed E-state index contributed by atoms with van der Waals surface area (Å²) in [5, 5.41) is 2.45. The highest BCUT2D eigenvalue weighted by Crippen LogP contribution is 2.17. The van der Waals surface area contributed by atoms with Crippen molar-refractivity contribution in [2.24, 2.45) is 0 Å². The topological polar surface area (TPSA) is 77.8 Å². The Morgan fingerprint density at radius 2 is 1.96 bits per heavy atom. The van der Waals surface area contributed by atoms with Gasteiger partial charge in [0.1, 0.15) is 11.5 Å². The highest BCUT2D eigenvalue weighted by Gasteiger charge is 2.07. The molecule has 0 aliphatic rings. The molecule has 1 N–H and O–H groups in total. The van der Waals surface area contributed by atoms with E-state index in [2.05, 4.69) is 10.1 Å². The molecule has 0 spiro atoms. The van der Waals surface area contributed by atoms with Gasteiger partial charge < -0.3 is 19.2 Å². The van der Waals surface area contributed by atoms with Crippen molar-refractivity contribution in [3.63, 3.8) is 0 Å². The summed E-state index contributed by atoms with van der Waals surface area (Å²) in [4.78, 5) is 23.1. The second-order valence-electron chi connectivity index (χ2n) is 4.41. The van der Waals surface area contributed by atoms with Gasteiger partial charge in [-0.1, -0.05) is 0 Å². The zero-order chi connectivity index (χ0) is 17.4. The molecule has 0 bridgehead atoms. The lowest BCUT2D eigenvalue weighted by atomic mass is 10.3. The number of halogens is 2. The molecule has 0 unspecified atom stereocenters. The van der Waals surface area contributed by atoms with Crippen LogP contribution in [0, 0.1) is 0 Å². The Hall–Kier alpha value is -3.16. The van der Waals surface area contributed by atoms with Gasteiger partial charge in [-0.3, -0.25) is 4.79 Å². The molecule has 0 radical (unpaired) electrons. The molecule has 1 amide bonds. The number of anilines is 1. The molecule has 1 aromatic heterocycles. The second kappa shape index (κ2) is 8.47. The zero-order valence-corrected chi connectivity index (χ0v) is 12.3. The van der Waals surface area contributed by atoms with E-state index in [0.29, 0.717) is 11.4 Å². The van der Waals surface area contributed by atoms with Crippen LogP contribution in [0.1, 0.15) is 5.76 Å². The van der Waals surface area contributed by atoms with Crippen LogP contribution in [0.2, 0.25) is 0 Å². The van der Waals surface area contributed by atoms with Gasteiger partial charge in [-0.2, -0.15) is 8.78 Å². The Kier molecular flexibility index (Phi) is 6.07. The molecule has 0 aliphatic heterocycles. The molecule has 126 valence electrons. The standard InChI is InChI=1S/C16H13F2NO5/c17-16(18)24-13-5-3-11(4-6-13)19-14(20)10-23-15(21)8-7-12-2-1-9-22-12/h1-9,16H,10H2,(H,19,20). The van der Waals surface area contributed by atoms with Crippen molar-refractivity contribution in [3.8, 4) is 5.75 Å². The average molecular weight is 337 g/mol. The fraction of sp³-hybridized carbons (Fsp3) is 0.125. The number of hydrogen-bond donors (Lipinski definition) is 1. The van der Waals surface area contributed by atoms with E-state index in [4.69, 9.17) is 9.15 Å². The van der Waals surface area contributed by atoms with Crippen molar-refractivity contribution in [2.45, 2.75) is 6.61 Å². The maximum absolute atomic E-state index is 12.0. The first-order valence-electron chi connectivity index (χ1n) is 6.76. The van der Waals surface area contributed by atoms with Crippen molar-refractivity contribution in [1.82, 2.24) is 0 Å². The van der Waals surface area contributed by atoms with E-state index < -0.39 is 25.1 Å². The third-order valence-corrected chi connectivity index (χ3v) is 2.64. The first-order chi connectivity index (χ1) is 11.5. The van der Waals surface area contributed by atoms with Crippen molar-refractivity contribution < 1.29 is 32.3 Å². The number of furan rings is 1. The van der Waals surface area contributed by atoms with E-state index in [1.54, 1.807) is 12.1 Å². The number of hydrogen-bond acceptors (Lipinski definition) is 5. The lowest BCUT2D eigenvalue weighted by Crippen LogP contribution is -2.20. The second-order valence-corrected chi connectivity index (χ2v) is 4.41. The molecule has 2 aromatic rings. The quantitative estimate of drug-likeness (QED) is 0.620. The van der Waals surface area contributed by atoms with Crippen LogP contribution in [0.15, 0.2) is 53.2 Å². The van der Waals surface area contributed by atoms with Crippen LogP contribution in [0.4, 0.5) is 14.5 Å². The number of carbonyl (C=O) groups is 2. The predicted molar refractivity (Wildman–Crippen MR) is 80.4 cm³/mol. The van der Waals surface area contributed by atoms with Gasteiger partial charge in [0.25, 0.3) is 5.91 Å². The summed E-state index contributed by atoms with van der Waals surface area (Å²) in [5.41, 5.74) is 0.351. The number of ether oxygens (including phenoxy) is 2. The number of alkyl halides is 2. The summed E-state index contributed by atoms with van der Waals surface area (Å²) >= 11 is 0. The number of esters is 1. The molecular formula is C16H13F2NO5. The lowest BCUT2D eigenvalue weighted by Gasteiger charge is -2.07. The van der Waals surface area contributed by atoms with Crippen LogP contribution in [-0.4, -0.2) is 25.1 Å². The van der Waals surface area contributed by atoms with E-state index >= 15 is 0 Å². The van der Waals surface area contributed by atoms with Gasteiger partial charge in [0.05, 0.1) is 6.26 Å². The van der Waals surface area contributed by atoms with Crippen molar-refractivity contribution in [3.05, 3.63) is 54.5 Å². The van der Waals surface area contributed by atoms with Crippen LogP contribution >= 0.6 is 0 Å². The van der Waals surface area contributed by atoms with Gasteiger partial charge in [-0.15, -0.1) is 0 Å². The Bertz CT molecular complexity index is 696. The normalized spacial score (nSPS) is 10.8. The third kappa shape index (κ3) is 5.91. The van der Waals surface area contributed by atoms with E-state index in [1.165, 1.54) is 36.6 Å². The number of carbonyl (C=O) groups excluding carboxylic acids is 2. The number of amides is 1. The largest absolute Gasteiger partial charge is 0.465 e. The Balaban J connectivity index is 1.75. The molecule has 6 nitrogen and oxygen atoms in total. The Labute approximate surface area is 135 Å². The van der Waals surface area contributed by atoms with Gasteiger partial charge in [-0.25, -0.2) is 4.79 Å². The first-order valence-corrected chi connectivity index (χ1v) is 6.76. The van der Waals surface area contributed by atoms with E-state index in [9.17, 15) is 18.4 Å². The summed E-state index contributed by atoms with van der Waals surface area (Å²) in [7, 11) is 0. The van der Waals surface area contributed by atoms with Crippen LogP contribution in [0.25, 0.3) is 6.08 Å². The van der Waals surface area contributed by atoms with Gasteiger partial charge >= 0.3 is 12.6 Å². The highest BCUT2D eigenvalue weighted by molar-refractivity contribution is 5.94. The van der Waals surface area contributed by atoms with Crippen molar-refractivity contribution in [2.75, 3.05) is 11.9 Å². The first kappa shape index (κ1) is 17.2. The molecular weight excluding hydrogens is 324 g/mol. The van der Waals surface area contributed by atoms with E-state index in [-0.39, 0.29) is 5.75 Å². The highest BCUT2D eigenvalue weighted by atomic mass is 19.3. The van der Waals surface area contributed by atoms with Crippen LogP contribution < -0.4 is 10.1 Å². The molecule has 0 saturated carbocycles. The van der Waals surface area contributed by atoms with E-state index in [1.807, 2.05) is 0 Å². The summed E-state index contributed by atoms with van der Waals surface area (Å²) in [5.74, 6) is -0.834.